The van der Waals surface area contributed by atoms with E-state index in [0.717, 1.165) is 0 Å². The lowest BCUT2D eigenvalue weighted by Crippen LogP contribution is -2.66. The number of carbonyl (C=O) groups is 4. The quantitative estimate of drug-likeness (QED) is 0.148. The van der Waals surface area contributed by atoms with Gasteiger partial charge in [-0.1, -0.05) is 0 Å². The van der Waals surface area contributed by atoms with E-state index in [-0.39, 0.29) is 19.3 Å². The molecule has 14 nitrogen and oxygen atoms in total. The predicted molar refractivity (Wildman–Crippen MR) is 97.1 cm³/mol. The van der Waals surface area contributed by atoms with Crippen LogP contribution in [0.2, 0.25) is 0 Å². The summed E-state index contributed by atoms with van der Waals surface area (Å²) in [7, 11) is 0. The number of amides is 3. The number of aliphatic carboxylic acids is 1. The number of primary amides is 1. The molecule has 1 fully saturated rings. The summed E-state index contributed by atoms with van der Waals surface area (Å²) < 4.78 is 4.92. The summed E-state index contributed by atoms with van der Waals surface area (Å²) >= 11 is 0. The lowest BCUT2D eigenvalue weighted by molar-refractivity contribution is -0.254. The molecule has 0 aromatic rings. The third kappa shape index (κ3) is 7.47. The molecule has 1 saturated heterocycles. The van der Waals surface area contributed by atoms with Crippen molar-refractivity contribution in [2.45, 2.75) is 68.4 Å². The number of ether oxygens (including phenoxy) is 1. The van der Waals surface area contributed by atoms with Crippen molar-refractivity contribution in [3.05, 3.63) is 0 Å². The molecular weight excluding hydrogens is 408 g/mol. The van der Waals surface area contributed by atoms with Crippen LogP contribution >= 0.6 is 0 Å². The first-order valence-corrected chi connectivity index (χ1v) is 9.14. The van der Waals surface area contributed by atoms with Gasteiger partial charge in [0.25, 0.3) is 0 Å². The molecule has 7 unspecified atom stereocenters. The molecular formula is C16H28N4O10. The van der Waals surface area contributed by atoms with Crippen LogP contribution in [0.4, 0.5) is 0 Å². The van der Waals surface area contributed by atoms with E-state index in [0.29, 0.717) is 0 Å². The first kappa shape index (κ1) is 25.7. The highest BCUT2D eigenvalue weighted by Gasteiger charge is 2.45. The highest BCUT2D eigenvalue weighted by molar-refractivity contribution is 5.90. The Kier molecular flexibility index (Phi) is 10.0. The van der Waals surface area contributed by atoms with E-state index < -0.39 is 79.4 Å². The van der Waals surface area contributed by atoms with Crippen LogP contribution in [0, 0.1) is 0 Å². The standard InChI is InChI=1S/C16H28N4O10/c17-6(1-3-9(18)22)14(27)19-7(2-4-10(23)24)15(28)20-11-13(26)12(25)8(5-21)30-16(11)29/h6-8,11-13,16,21,25-26,29H,1-5,17H2,(H2,18,22)(H,19,27)(H,20,28)(H,23,24). The average molecular weight is 436 g/mol. The van der Waals surface area contributed by atoms with Crippen molar-refractivity contribution in [1.29, 1.82) is 0 Å². The maximum Gasteiger partial charge on any atom is 0.303 e. The molecule has 1 rings (SSSR count). The second kappa shape index (κ2) is 11.7. The molecule has 0 aliphatic carbocycles. The SMILES string of the molecule is NC(=O)CCC(N)C(=O)NC(CCC(=O)O)C(=O)NC1C(O)OC(CO)C(O)C1O. The Morgan fingerprint density at radius 2 is 1.63 bits per heavy atom. The summed E-state index contributed by atoms with van der Waals surface area (Å²) in [6, 6.07) is -4.14. The summed E-state index contributed by atoms with van der Waals surface area (Å²) in [5.74, 6) is -3.75. The highest BCUT2D eigenvalue weighted by Crippen LogP contribution is 2.20. The molecule has 0 radical (unpaired) electrons. The van der Waals surface area contributed by atoms with E-state index in [1.807, 2.05) is 0 Å². The summed E-state index contributed by atoms with van der Waals surface area (Å²) in [5.41, 5.74) is 10.6. The van der Waals surface area contributed by atoms with E-state index in [4.69, 9.17) is 26.4 Å². The van der Waals surface area contributed by atoms with Crippen molar-refractivity contribution in [3.63, 3.8) is 0 Å². The Morgan fingerprint density at radius 3 is 2.17 bits per heavy atom. The molecule has 0 spiro atoms. The molecule has 30 heavy (non-hydrogen) atoms. The summed E-state index contributed by atoms with van der Waals surface area (Å²) in [6.07, 6.45) is -7.55. The Hall–Kier alpha value is -2.36. The van der Waals surface area contributed by atoms with Gasteiger partial charge in [-0.15, -0.1) is 0 Å². The van der Waals surface area contributed by atoms with Gasteiger partial charge >= 0.3 is 5.97 Å². The zero-order valence-electron chi connectivity index (χ0n) is 16.0. The number of hydrogen-bond donors (Lipinski definition) is 9. The fourth-order valence-electron chi connectivity index (χ4n) is 2.76. The normalized spacial score (nSPS) is 28.2. The second-order valence-corrected chi connectivity index (χ2v) is 6.87. The van der Waals surface area contributed by atoms with Crippen molar-refractivity contribution < 1.29 is 49.4 Å². The number of nitrogens with two attached hydrogens (primary N) is 2. The first-order chi connectivity index (χ1) is 14.0. The Bertz CT molecular complexity index is 633. The minimum absolute atomic E-state index is 0.100. The maximum absolute atomic E-state index is 12.6. The highest BCUT2D eigenvalue weighted by atomic mass is 16.6. The number of carbonyl (C=O) groups excluding carboxylic acids is 3. The zero-order chi connectivity index (χ0) is 23.0. The molecule has 0 aromatic heterocycles. The third-order valence-corrected chi connectivity index (χ3v) is 4.53. The molecule has 172 valence electrons. The smallest absolute Gasteiger partial charge is 0.303 e. The van der Waals surface area contributed by atoms with Crippen molar-refractivity contribution >= 4 is 23.7 Å². The Labute approximate surface area is 171 Å². The van der Waals surface area contributed by atoms with Crippen molar-refractivity contribution in [2.24, 2.45) is 11.5 Å². The minimum atomic E-state index is -1.79. The number of aliphatic hydroxyl groups is 4. The first-order valence-electron chi connectivity index (χ1n) is 9.14. The van der Waals surface area contributed by atoms with Gasteiger partial charge < -0.3 is 52.4 Å². The summed E-state index contributed by atoms with van der Waals surface area (Å²) in [5, 5.41) is 52.3. The predicted octanol–water partition coefficient (Wildman–Crippen LogP) is -5.16. The van der Waals surface area contributed by atoms with Gasteiger partial charge in [-0.25, -0.2) is 0 Å². The van der Waals surface area contributed by atoms with Gasteiger partial charge in [0.1, 0.15) is 30.4 Å². The molecule has 0 bridgehead atoms. The van der Waals surface area contributed by atoms with E-state index in [1.165, 1.54) is 0 Å². The van der Waals surface area contributed by atoms with Crippen LogP contribution in [0.5, 0.6) is 0 Å². The van der Waals surface area contributed by atoms with E-state index in [1.54, 1.807) is 0 Å². The maximum atomic E-state index is 12.6. The van der Waals surface area contributed by atoms with E-state index in [2.05, 4.69) is 10.6 Å². The van der Waals surface area contributed by atoms with Gasteiger partial charge in [-0.2, -0.15) is 0 Å². The number of aliphatic hydroxyl groups excluding tert-OH is 4. The zero-order valence-corrected chi connectivity index (χ0v) is 16.0. The van der Waals surface area contributed by atoms with Gasteiger partial charge in [-0.3, -0.25) is 19.2 Å². The molecule has 11 N–H and O–H groups in total. The molecule has 14 heteroatoms. The number of nitrogens with one attached hydrogen (secondary N) is 2. The Morgan fingerprint density at radius 1 is 1.00 bits per heavy atom. The molecule has 0 saturated carbocycles. The fourth-order valence-corrected chi connectivity index (χ4v) is 2.76. The molecule has 0 aromatic carbocycles. The third-order valence-electron chi connectivity index (χ3n) is 4.53. The molecule has 1 aliphatic heterocycles. The van der Waals surface area contributed by atoms with Gasteiger partial charge in [0.05, 0.1) is 12.6 Å². The average Bonchev–Trinajstić information content (AvgIpc) is 2.68. The summed E-state index contributed by atoms with van der Waals surface area (Å²) in [6.45, 7) is -0.698. The lowest BCUT2D eigenvalue weighted by atomic mass is 9.96. The minimum Gasteiger partial charge on any atom is -0.481 e. The number of rotatable bonds is 11. The van der Waals surface area contributed by atoms with Crippen LogP contribution in [0.1, 0.15) is 25.7 Å². The van der Waals surface area contributed by atoms with Crippen LogP contribution < -0.4 is 22.1 Å². The number of hydrogen-bond acceptors (Lipinski definition) is 10. The van der Waals surface area contributed by atoms with Crippen LogP contribution in [0.15, 0.2) is 0 Å². The Balaban J connectivity index is 2.83. The van der Waals surface area contributed by atoms with Gasteiger partial charge in [0.15, 0.2) is 6.29 Å². The van der Waals surface area contributed by atoms with Crippen molar-refractivity contribution in [2.75, 3.05) is 6.61 Å². The number of carboxylic acids is 1. The van der Waals surface area contributed by atoms with Gasteiger partial charge in [0, 0.05) is 12.8 Å². The van der Waals surface area contributed by atoms with Crippen LogP contribution in [-0.4, -0.2) is 98.6 Å². The van der Waals surface area contributed by atoms with E-state index >= 15 is 0 Å². The topological polar surface area (TPSA) is 255 Å². The van der Waals surface area contributed by atoms with Crippen molar-refractivity contribution in [1.82, 2.24) is 10.6 Å². The van der Waals surface area contributed by atoms with E-state index in [9.17, 15) is 34.5 Å². The second-order valence-electron chi connectivity index (χ2n) is 6.87. The van der Waals surface area contributed by atoms with Crippen molar-refractivity contribution in [3.8, 4) is 0 Å². The van der Waals surface area contributed by atoms with Crippen LogP contribution in [0.3, 0.4) is 0 Å². The van der Waals surface area contributed by atoms with Crippen LogP contribution in [-0.2, 0) is 23.9 Å². The monoisotopic (exact) mass is 436 g/mol. The fraction of sp³-hybridized carbons (Fsp3) is 0.750. The molecule has 1 aliphatic rings. The van der Waals surface area contributed by atoms with Gasteiger partial charge in [-0.05, 0) is 12.8 Å². The molecule has 3 amide bonds. The molecule has 1 heterocycles. The van der Waals surface area contributed by atoms with Crippen LogP contribution in [0.25, 0.3) is 0 Å². The van der Waals surface area contributed by atoms with Gasteiger partial charge in [0.2, 0.25) is 17.7 Å². The largest absolute Gasteiger partial charge is 0.481 e. The summed E-state index contributed by atoms with van der Waals surface area (Å²) in [4.78, 5) is 46.4. The number of carboxylic acid groups (broad SMARTS) is 1. The molecule has 7 atom stereocenters. The lowest BCUT2D eigenvalue weighted by Gasteiger charge is -2.40.